The highest BCUT2D eigenvalue weighted by Crippen LogP contribution is 2.25. The lowest BCUT2D eigenvalue weighted by atomic mass is 9.87. The minimum atomic E-state index is -0.290. The first kappa shape index (κ1) is 17.7. The van der Waals surface area contributed by atoms with Crippen LogP contribution in [0.3, 0.4) is 0 Å². The predicted molar refractivity (Wildman–Crippen MR) is 106 cm³/mol. The van der Waals surface area contributed by atoms with E-state index in [1.54, 1.807) is 18.2 Å². The van der Waals surface area contributed by atoms with E-state index >= 15 is 0 Å². The Morgan fingerprint density at radius 3 is 2.38 bits per heavy atom. The molecule has 0 bridgehead atoms. The minimum Gasteiger partial charge on any atom is -0.507 e. The lowest BCUT2D eigenvalue weighted by Crippen LogP contribution is -2.18. The van der Waals surface area contributed by atoms with Crippen molar-refractivity contribution in [3.63, 3.8) is 0 Å². The molecule has 0 fully saturated rings. The number of hydrogen-bond acceptors (Lipinski definition) is 3. The first-order chi connectivity index (χ1) is 12.4. The third-order valence-electron chi connectivity index (χ3n) is 4.32. The van der Waals surface area contributed by atoms with Gasteiger partial charge in [-0.1, -0.05) is 63.2 Å². The number of rotatable bonds is 3. The maximum absolute atomic E-state index is 12.3. The molecule has 4 heteroatoms. The van der Waals surface area contributed by atoms with Gasteiger partial charge >= 0.3 is 0 Å². The standard InChI is InChI=1S/C22H22N2O2/c1-22(2,3)17-11-8-16(9-12-17)21(26)24-23-14-19-18-7-5-4-6-15(18)10-13-20(19)25/h4-14,25H,1-3H3,(H,24,26)/b23-14-. The first-order valence-corrected chi connectivity index (χ1v) is 8.51. The molecule has 1 amide bonds. The van der Waals surface area contributed by atoms with Crippen molar-refractivity contribution in [3.8, 4) is 5.75 Å². The Hall–Kier alpha value is -3.14. The summed E-state index contributed by atoms with van der Waals surface area (Å²) in [5, 5.41) is 16.0. The van der Waals surface area contributed by atoms with Gasteiger partial charge in [0.25, 0.3) is 5.91 Å². The molecular weight excluding hydrogens is 324 g/mol. The van der Waals surface area contributed by atoms with Gasteiger partial charge < -0.3 is 5.11 Å². The average molecular weight is 346 g/mol. The van der Waals surface area contributed by atoms with Crippen LogP contribution in [-0.2, 0) is 5.41 Å². The monoisotopic (exact) mass is 346 g/mol. The number of hydrazone groups is 1. The number of hydrogen-bond donors (Lipinski definition) is 2. The molecular formula is C22H22N2O2. The van der Waals surface area contributed by atoms with Gasteiger partial charge in [0.1, 0.15) is 5.75 Å². The lowest BCUT2D eigenvalue weighted by Gasteiger charge is -2.18. The van der Waals surface area contributed by atoms with E-state index in [0.29, 0.717) is 11.1 Å². The summed E-state index contributed by atoms with van der Waals surface area (Å²) in [4.78, 5) is 12.3. The topological polar surface area (TPSA) is 61.7 Å². The van der Waals surface area contributed by atoms with Gasteiger partial charge in [-0.05, 0) is 39.9 Å². The van der Waals surface area contributed by atoms with Crippen molar-refractivity contribution in [2.45, 2.75) is 26.2 Å². The van der Waals surface area contributed by atoms with Gasteiger partial charge in [0, 0.05) is 11.1 Å². The second kappa shape index (κ2) is 7.00. The van der Waals surface area contributed by atoms with E-state index in [1.807, 2.05) is 42.5 Å². The summed E-state index contributed by atoms with van der Waals surface area (Å²) in [6.07, 6.45) is 1.47. The molecule has 0 radical (unpaired) electrons. The van der Waals surface area contributed by atoms with Crippen LogP contribution in [0.2, 0.25) is 0 Å². The number of carbonyl (C=O) groups excluding carboxylic acids is 1. The number of benzene rings is 3. The Morgan fingerprint density at radius 2 is 1.69 bits per heavy atom. The second-order valence-electron chi connectivity index (χ2n) is 7.25. The highest BCUT2D eigenvalue weighted by atomic mass is 16.3. The molecule has 132 valence electrons. The molecule has 0 aliphatic heterocycles. The van der Waals surface area contributed by atoms with Gasteiger partial charge in [0.05, 0.1) is 6.21 Å². The number of phenolic OH excluding ortho intramolecular Hbond substituents is 1. The van der Waals surface area contributed by atoms with Crippen molar-refractivity contribution in [3.05, 3.63) is 77.4 Å². The van der Waals surface area contributed by atoms with E-state index in [9.17, 15) is 9.90 Å². The highest BCUT2D eigenvalue weighted by Gasteiger charge is 2.14. The molecule has 0 unspecified atom stereocenters. The normalized spacial score (nSPS) is 11.8. The average Bonchev–Trinajstić information content (AvgIpc) is 2.63. The number of aromatic hydroxyl groups is 1. The number of fused-ring (bicyclic) bond motifs is 1. The van der Waals surface area contributed by atoms with Crippen LogP contribution >= 0.6 is 0 Å². The summed E-state index contributed by atoms with van der Waals surface area (Å²) in [5.41, 5.74) is 4.84. The SMILES string of the molecule is CC(C)(C)c1ccc(C(=O)N/N=C\c2c(O)ccc3ccccc23)cc1. The van der Waals surface area contributed by atoms with Crippen LogP contribution in [0.4, 0.5) is 0 Å². The molecule has 3 aromatic carbocycles. The van der Waals surface area contributed by atoms with E-state index in [4.69, 9.17) is 0 Å². The van der Waals surface area contributed by atoms with Crippen molar-refractivity contribution < 1.29 is 9.90 Å². The van der Waals surface area contributed by atoms with E-state index < -0.39 is 0 Å². The van der Waals surface area contributed by atoms with E-state index in [2.05, 4.69) is 31.3 Å². The van der Waals surface area contributed by atoms with Crippen molar-refractivity contribution in [2.75, 3.05) is 0 Å². The fraction of sp³-hybridized carbons (Fsp3) is 0.182. The van der Waals surface area contributed by atoms with Crippen molar-refractivity contribution in [1.29, 1.82) is 0 Å². The molecule has 0 aliphatic carbocycles. The summed E-state index contributed by atoms with van der Waals surface area (Å²) in [7, 11) is 0. The maximum Gasteiger partial charge on any atom is 0.271 e. The molecule has 0 aromatic heterocycles. The minimum absolute atomic E-state index is 0.0407. The molecule has 0 saturated carbocycles. The van der Waals surface area contributed by atoms with Crippen LogP contribution in [0.5, 0.6) is 5.75 Å². The summed E-state index contributed by atoms with van der Waals surface area (Å²) >= 11 is 0. The van der Waals surface area contributed by atoms with Crippen molar-refractivity contribution >= 4 is 22.9 Å². The van der Waals surface area contributed by atoms with E-state index in [0.717, 1.165) is 10.8 Å². The third kappa shape index (κ3) is 3.75. The molecule has 0 atom stereocenters. The highest BCUT2D eigenvalue weighted by molar-refractivity contribution is 6.03. The zero-order valence-corrected chi connectivity index (χ0v) is 15.2. The predicted octanol–water partition coefficient (Wildman–Crippen LogP) is 4.61. The summed E-state index contributed by atoms with van der Waals surface area (Å²) in [6, 6.07) is 18.7. The summed E-state index contributed by atoms with van der Waals surface area (Å²) in [6.45, 7) is 6.38. The van der Waals surface area contributed by atoms with Crippen molar-refractivity contribution in [1.82, 2.24) is 5.43 Å². The number of phenols is 1. The van der Waals surface area contributed by atoms with Crippen LogP contribution in [0.1, 0.15) is 42.3 Å². The molecule has 0 heterocycles. The molecule has 2 N–H and O–H groups in total. The number of nitrogens with one attached hydrogen (secondary N) is 1. The Kier molecular flexibility index (Phi) is 4.76. The fourth-order valence-electron chi connectivity index (χ4n) is 2.76. The Balaban J connectivity index is 1.77. The first-order valence-electron chi connectivity index (χ1n) is 8.51. The second-order valence-corrected chi connectivity index (χ2v) is 7.25. The number of carbonyl (C=O) groups is 1. The smallest absolute Gasteiger partial charge is 0.271 e. The molecule has 3 aromatic rings. The van der Waals surface area contributed by atoms with Crippen LogP contribution in [-0.4, -0.2) is 17.2 Å². The molecule has 26 heavy (non-hydrogen) atoms. The van der Waals surface area contributed by atoms with Crippen LogP contribution in [0, 0.1) is 0 Å². The van der Waals surface area contributed by atoms with Crippen LogP contribution in [0.15, 0.2) is 65.8 Å². The van der Waals surface area contributed by atoms with Crippen LogP contribution < -0.4 is 5.43 Å². The molecule has 4 nitrogen and oxygen atoms in total. The Morgan fingerprint density at radius 1 is 1.00 bits per heavy atom. The van der Waals surface area contributed by atoms with Gasteiger partial charge in [0.15, 0.2) is 0 Å². The Bertz CT molecular complexity index is 968. The van der Waals surface area contributed by atoms with Gasteiger partial charge in [-0.15, -0.1) is 0 Å². The van der Waals surface area contributed by atoms with E-state index in [-0.39, 0.29) is 17.1 Å². The zero-order chi connectivity index (χ0) is 18.7. The van der Waals surface area contributed by atoms with Crippen molar-refractivity contribution in [2.24, 2.45) is 5.10 Å². The number of amides is 1. The lowest BCUT2D eigenvalue weighted by molar-refractivity contribution is 0.0955. The largest absolute Gasteiger partial charge is 0.507 e. The quantitative estimate of drug-likeness (QED) is 0.537. The summed E-state index contributed by atoms with van der Waals surface area (Å²) < 4.78 is 0. The van der Waals surface area contributed by atoms with Gasteiger partial charge in [-0.3, -0.25) is 4.79 Å². The van der Waals surface area contributed by atoms with Crippen LogP contribution in [0.25, 0.3) is 10.8 Å². The Labute approximate surface area is 153 Å². The van der Waals surface area contributed by atoms with Gasteiger partial charge in [-0.2, -0.15) is 5.10 Å². The molecule has 0 aliphatic rings. The van der Waals surface area contributed by atoms with E-state index in [1.165, 1.54) is 11.8 Å². The maximum atomic E-state index is 12.3. The summed E-state index contributed by atoms with van der Waals surface area (Å²) in [5.74, 6) is -0.169. The fourth-order valence-corrected chi connectivity index (χ4v) is 2.76. The van der Waals surface area contributed by atoms with Gasteiger partial charge in [0.2, 0.25) is 0 Å². The molecule has 3 rings (SSSR count). The zero-order valence-electron chi connectivity index (χ0n) is 15.2. The third-order valence-corrected chi connectivity index (χ3v) is 4.32. The van der Waals surface area contributed by atoms with Gasteiger partial charge in [-0.25, -0.2) is 5.43 Å². The molecule has 0 spiro atoms. The molecule has 0 saturated heterocycles. The number of nitrogens with zero attached hydrogens (tertiary/aromatic N) is 1.